The van der Waals surface area contributed by atoms with Crippen LogP contribution in [0.2, 0.25) is 0 Å². The van der Waals surface area contributed by atoms with Crippen molar-refractivity contribution in [2.24, 2.45) is 0 Å². The van der Waals surface area contributed by atoms with Crippen LogP contribution in [0, 0.1) is 0 Å². The molecule has 1 aromatic carbocycles. The molecule has 2 N–H and O–H groups in total. The number of rotatable bonds is 4. The molecule has 1 atom stereocenters. The van der Waals surface area contributed by atoms with Gasteiger partial charge < -0.3 is 10.6 Å². The lowest BCUT2D eigenvalue weighted by Gasteiger charge is -2.31. The predicted octanol–water partition coefficient (Wildman–Crippen LogP) is 2.78. The van der Waals surface area contributed by atoms with E-state index in [1.165, 1.54) is 39.0 Å². The van der Waals surface area contributed by atoms with Crippen molar-refractivity contribution < 1.29 is 9.59 Å². The Morgan fingerprint density at radius 2 is 1.75 bits per heavy atom. The number of hydrogen-bond acceptors (Lipinski definition) is 3. The van der Waals surface area contributed by atoms with Crippen molar-refractivity contribution in [3.8, 4) is 0 Å². The molecule has 3 rings (SSSR count). The monoisotopic (exact) mass is 329 g/mol. The summed E-state index contributed by atoms with van der Waals surface area (Å²) in [6.45, 7) is 3.54. The van der Waals surface area contributed by atoms with Crippen LogP contribution in [0.4, 0.5) is 5.69 Å². The summed E-state index contributed by atoms with van der Waals surface area (Å²) in [5.41, 5.74) is 1.35. The minimum absolute atomic E-state index is 0.0279. The van der Waals surface area contributed by atoms with Gasteiger partial charge in [0.25, 0.3) is 5.91 Å². The highest BCUT2D eigenvalue weighted by Gasteiger charge is 2.29. The van der Waals surface area contributed by atoms with Crippen molar-refractivity contribution in [1.29, 1.82) is 0 Å². The second-order valence-corrected chi connectivity index (χ2v) is 7.00. The Balaban J connectivity index is 1.50. The maximum Gasteiger partial charge on any atom is 0.251 e. The molecule has 2 fully saturated rings. The first kappa shape index (κ1) is 17.0. The van der Waals surface area contributed by atoms with Gasteiger partial charge in [0.05, 0.1) is 0 Å². The number of nitrogens with zero attached hydrogens (tertiary/aromatic N) is 1. The largest absolute Gasteiger partial charge is 0.348 e. The molecule has 0 spiro atoms. The molecular formula is C19H27N3O2. The van der Waals surface area contributed by atoms with Crippen LogP contribution in [0.5, 0.6) is 0 Å². The van der Waals surface area contributed by atoms with E-state index in [9.17, 15) is 9.59 Å². The Kier molecular flexibility index (Phi) is 5.51. The number of anilines is 1. The third kappa shape index (κ3) is 4.35. The highest BCUT2D eigenvalue weighted by Crippen LogP contribution is 2.25. The molecule has 0 unspecified atom stereocenters. The third-order valence-electron chi connectivity index (χ3n) is 5.11. The number of carbonyl (C=O) groups is 2. The predicted molar refractivity (Wildman–Crippen MR) is 95.1 cm³/mol. The summed E-state index contributed by atoms with van der Waals surface area (Å²) in [5.74, 6) is -0.138. The summed E-state index contributed by atoms with van der Waals surface area (Å²) in [4.78, 5) is 26.0. The summed E-state index contributed by atoms with van der Waals surface area (Å²) >= 11 is 0. The van der Waals surface area contributed by atoms with Gasteiger partial charge in [-0.2, -0.15) is 0 Å². The maximum absolute atomic E-state index is 12.4. The zero-order valence-electron chi connectivity index (χ0n) is 14.4. The second-order valence-electron chi connectivity index (χ2n) is 7.00. The maximum atomic E-state index is 12.4. The van der Waals surface area contributed by atoms with Gasteiger partial charge in [0, 0.05) is 43.3 Å². The minimum atomic E-state index is -0.110. The van der Waals surface area contributed by atoms with Crippen molar-refractivity contribution >= 4 is 17.5 Å². The van der Waals surface area contributed by atoms with Crippen molar-refractivity contribution in [3.05, 3.63) is 29.8 Å². The van der Waals surface area contributed by atoms with E-state index in [-0.39, 0.29) is 17.9 Å². The zero-order chi connectivity index (χ0) is 16.9. The molecule has 1 aromatic rings. The molecular weight excluding hydrogens is 302 g/mol. The lowest BCUT2D eigenvalue weighted by molar-refractivity contribution is -0.114. The first-order valence-corrected chi connectivity index (χ1v) is 9.04. The van der Waals surface area contributed by atoms with Crippen molar-refractivity contribution in [2.45, 2.75) is 57.5 Å². The molecule has 1 saturated heterocycles. The summed E-state index contributed by atoms with van der Waals surface area (Å²) in [7, 11) is 0. The third-order valence-corrected chi connectivity index (χ3v) is 5.11. The van der Waals surface area contributed by atoms with E-state index in [1.807, 2.05) is 0 Å². The van der Waals surface area contributed by atoms with Gasteiger partial charge in [-0.25, -0.2) is 0 Å². The molecule has 1 aliphatic carbocycles. The molecule has 0 radical (unpaired) electrons. The van der Waals surface area contributed by atoms with Gasteiger partial charge in [0.1, 0.15) is 0 Å². The van der Waals surface area contributed by atoms with Crippen molar-refractivity contribution in [1.82, 2.24) is 10.2 Å². The molecule has 1 saturated carbocycles. The first-order valence-electron chi connectivity index (χ1n) is 9.04. The quantitative estimate of drug-likeness (QED) is 0.893. The normalized spacial score (nSPS) is 22.3. The van der Waals surface area contributed by atoms with Crippen LogP contribution < -0.4 is 10.6 Å². The molecule has 0 bridgehead atoms. The summed E-state index contributed by atoms with van der Waals surface area (Å²) < 4.78 is 0. The molecule has 0 aromatic heterocycles. The van der Waals surface area contributed by atoms with Gasteiger partial charge in [0.15, 0.2) is 0 Å². The first-order chi connectivity index (χ1) is 11.6. The van der Waals surface area contributed by atoms with Gasteiger partial charge in [-0.05, 0) is 43.5 Å². The molecule has 1 heterocycles. The van der Waals surface area contributed by atoms with Gasteiger partial charge in [0.2, 0.25) is 5.91 Å². The Labute approximate surface area is 143 Å². The smallest absolute Gasteiger partial charge is 0.251 e. The van der Waals surface area contributed by atoms with E-state index in [4.69, 9.17) is 0 Å². The summed E-state index contributed by atoms with van der Waals surface area (Å²) in [5, 5.41) is 5.87. The van der Waals surface area contributed by atoms with E-state index >= 15 is 0 Å². The van der Waals surface area contributed by atoms with Gasteiger partial charge in [-0.15, -0.1) is 0 Å². The SMILES string of the molecule is CC(=O)Nc1ccc(C(=O)N[C@H]2CCN(C3CCCCC3)C2)cc1. The number of carbonyl (C=O) groups excluding carboxylic acids is 2. The molecule has 5 heteroatoms. The molecule has 2 aliphatic rings. The average Bonchev–Trinajstić information content (AvgIpc) is 3.04. The van der Waals surface area contributed by atoms with E-state index in [1.54, 1.807) is 24.3 Å². The summed E-state index contributed by atoms with van der Waals surface area (Å²) in [6.07, 6.45) is 7.72. The van der Waals surface area contributed by atoms with Crippen LogP contribution in [-0.4, -0.2) is 41.9 Å². The molecule has 24 heavy (non-hydrogen) atoms. The second kappa shape index (κ2) is 7.79. The fourth-order valence-corrected chi connectivity index (χ4v) is 3.86. The Morgan fingerprint density at radius 3 is 2.42 bits per heavy atom. The fourth-order valence-electron chi connectivity index (χ4n) is 3.86. The number of hydrogen-bond donors (Lipinski definition) is 2. The van der Waals surface area contributed by atoms with Gasteiger partial charge in [-0.1, -0.05) is 19.3 Å². The Morgan fingerprint density at radius 1 is 1.04 bits per heavy atom. The summed E-state index contributed by atoms with van der Waals surface area (Å²) in [6, 6.07) is 8.01. The number of benzene rings is 1. The van der Waals surface area contributed by atoms with Crippen LogP contribution in [0.3, 0.4) is 0 Å². The number of amides is 2. The lowest BCUT2D eigenvalue weighted by Crippen LogP contribution is -2.40. The Bertz CT molecular complexity index is 579. The van der Waals surface area contributed by atoms with E-state index in [2.05, 4.69) is 15.5 Å². The van der Waals surface area contributed by atoms with Crippen LogP contribution >= 0.6 is 0 Å². The van der Waals surface area contributed by atoms with Crippen molar-refractivity contribution in [3.63, 3.8) is 0 Å². The van der Waals surface area contributed by atoms with Gasteiger partial charge in [-0.3, -0.25) is 14.5 Å². The fraction of sp³-hybridized carbons (Fsp3) is 0.579. The number of nitrogens with one attached hydrogen (secondary N) is 2. The van der Waals surface area contributed by atoms with Crippen molar-refractivity contribution in [2.75, 3.05) is 18.4 Å². The lowest BCUT2D eigenvalue weighted by atomic mass is 9.94. The van der Waals surface area contributed by atoms with Crippen LogP contribution in [-0.2, 0) is 4.79 Å². The minimum Gasteiger partial charge on any atom is -0.348 e. The van der Waals surface area contributed by atoms with Gasteiger partial charge >= 0.3 is 0 Å². The van der Waals surface area contributed by atoms with E-state index < -0.39 is 0 Å². The van der Waals surface area contributed by atoms with E-state index in [0.717, 1.165) is 25.6 Å². The molecule has 130 valence electrons. The molecule has 1 aliphatic heterocycles. The highest BCUT2D eigenvalue weighted by atomic mass is 16.2. The topological polar surface area (TPSA) is 61.4 Å². The molecule has 5 nitrogen and oxygen atoms in total. The average molecular weight is 329 g/mol. The molecule has 2 amide bonds. The highest BCUT2D eigenvalue weighted by molar-refractivity contribution is 5.95. The zero-order valence-corrected chi connectivity index (χ0v) is 14.4. The standard InChI is InChI=1S/C19H27N3O2/c1-14(23)20-16-9-7-15(8-10-16)19(24)21-17-11-12-22(13-17)18-5-3-2-4-6-18/h7-10,17-18H,2-6,11-13H2,1H3,(H,20,23)(H,21,24)/t17-/m0/s1. The van der Waals surface area contributed by atoms with Crippen LogP contribution in [0.15, 0.2) is 24.3 Å². The number of likely N-dealkylation sites (tertiary alicyclic amines) is 1. The van der Waals surface area contributed by atoms with Crippen LogP contribution in [0.25, 0.3) is 0 Å². The Hall–Kier alpha value is -1.88. The van der Waals surface area contributed by atoms with Crippen LogP contribution in [0.1, 0.15) is 55.8 Å². The van der Waals surface area contributed by atoms with E-state index in [0.29, 0.717) is 11.3 Å².